The van der Waals surface area contributed by atoms with Crippen molar-refractivity contribution in [3.8, 4) is 0 Å². The largest absolute Gasteiger partial charge is 0.344 e. The molecule has 2 unspecified atom stereocenters. The molecule has 0 N–H and O–H groups in total. The SMILES string of the molecule is CN1Cc2c(n(CCc3ccccc3)c3ccccc23)C2CCCC21. The fourth-order valence-electron chi connectivity index (χ4n) is 5.27. The van der Waals surface area contributed by atoms with E-state index >= 15 is 0 Å². The van der Waals surface area contributed by atoms with Gasteiger partial charge in [0.1, 0.15) is 0 Å². The summed E-state index contributed by atoms with van der Waals surface area (Å²) in [7, 11) is 2.32. The van der Waals surface area contributed by atoms with Crippen LogP contribution in [0.4, 0.5) is 0 Å². The number of rotatable bonds is 3. The summed E-state index contributed by atoms with van der Waals surface area (Å²) in [5.74, 6) is 0.719. The molecule has 2 aliphatic rings. The number of nitrogens with zero attached hydrogens (tertiary/aromatic N) is 2. The van der Waals surface area contributed by atoms with Gasteiger partial charge in [-0.3, -0.25) is 4.90 Å². The predicted octanol–water partition coefficient (Wildman–Crippen LogP) is 4.97. The highest BCUT2D eigenvalue weighted by Gasteiger charge is 2.39. The van der Waals surface area contributed by atoms with Gasteiger partial charge in [0.2, 0.25) is 0 Å². The summed E-state index contributed by atoms with van der Waals surface area (Å²) >= 11 is 0. The first-order valence-corrected chi connectivity index (χ1v) is 9.67. The van der Waals surface area contributed by atoms with Crippen molar-refractivity contribution in [3.63, 3.8) is 0 Å². The van der Waals surface area contributed by atoms with Crippen LogP contribution < -0.4 is 0 Å². The van der Waals surface area contributed by atoms with E-state index in [0.717, 1.165) is 31.5 Å². The number of hydrogen-bond acceptors (Lipinski definition) is 1. The van der Waals surface area contributed by atoms with Gasteiger partial charge in [-0.25, -0.2) is 0 Å². The molecule has 2 nitrogen and oxygen atoms in total. The van der Waals surface area contributed by atoms with Crippen LogP contribution in [0.25, 0.3) is 10.9 Å². The molecule has 25 heavy (non-hydrogen) atoms. The quantitative estimate of drug-likeness (QED) is 0.658. The van der Waals surface area contributed by atoms with Crippen LogP contribution in [-0.4, -0.2) is 22.6 Å². The molecule has 0 amide bonds. The molecular weight excluding hydrogens is 304 g/mol. The number of likely N-dealkylation sites (N-methyl/N-ethyl adjacent to an activating group) is 1. The lowest BCUT2D eigenvalue weighted by Gasteiger charge is -2.36. The molecular formula is C23H26N2. The third kappa shape index (κ3) is 2.43. The average Bonchev–Trinajstić information content (AvgIpc) is 3.25. The molecule has 1 saturated carbocycles. The molecule has 5 rings (SSSR count). The van der Waals surface area contributed by atoms with E-state index in [-0.39, 0.29) is 0 Å². The van der Waals surface area contributed by atoms with Gasteiger partial charge in [0, 0.05) is 41.6 Å². The van der Waals surface area contributed by atoms with Gasteiger partial charge in [0.05, 0.1) is 0 Å². The van der Waals surface area contributed by atoms with E-state index in [2.05, 4.69) is 71.1 Å². The van der Waals surface area contributed by atoms with E-state index in [4.69, 9.17) is 0 Å². The van der Waals surface area contributed by atoms with Crippen LogP contribution in [0.2, 0.25) is 0 Å². The first-order chi connectivity index (χ1) is 12.3. The van der Waals surface area contributed by atoms with Crippen LogP contribution in [0.15, 0.2) is 54.6 Å². The Bertz CT molecular complexity index is 893. The second-order valence-corrected chi connectivity index (χ2v) is 7.79. The smallest absolute Gasteiger partial charge is 0.0486 e. The van der Waals surface area contributed by atoms with Crippen molar-refractivity contribution >= 4 is 10.9 Å². The second-order valence-electron chi connectivity index (χ2n) is 7.79. The van der Waals surface area contributed by atoms with E-state index in [1.165, 1.54) is 35.7 Å². The molecule has 1 aliphatic heterocycles. The highest BCUT2D eigenvalue weighted by molar-refractivity contribution is 5.86. The van der Waals surface area contributed by atoms with Gasteiger partial charge in [-0.15, -0.1) is 0 Å². The Morgan fingerprint density at radius 3 is 2.64 bits per heavy atom. The van der Waals surface area contributed by atoms with Crippen LogP contribution in [0.5, 0.6) is 0 Å². The van der Waals surface area contributed by atoms with Crippen molar-refractivity contribution in [3.05, 3.63) is 71.4 Å². The van der Waals surface area contributed by atoms with Crippen molar-refractivity contribution in [1.29, 1.82) is 0 Å². The molecule has 2 heterocycles. The molecule has 1 aliphatic carbocycles. The molecule has 0 bridgehead atoms. The minimum absolute atomic E-state index is 0.719. The molecule has 2 heteroatoms. The monoisotopic (exact) mass is 330 g/mol. The Hall–Kier alpha value is -2.06. The normalized spacial score (nSPS) is 22.9. The Labute approximate surface area is 150 Å². The third-order valence-corrected chi connectivity index (χ3v) is 6.39. The number of fused-ring (bicyclic) bond motifs is 5. The van der Waals surface area contributed by atoms with Gasteiger partial charge in [0.25, 0.3) is 0 Å². The summed E-state index contributed by atoms with van der Waals surface area (Å²) in [6, 6.07) is 20.7. The summed E-state index contributed by atoms with van der Waals surface area (Å²) in [6.07, 6.45) is 5.20. The van der Waals surface area contributed by atoms with Gasteiger partial charge in [-0.05, 0) is 43.5 Å². The summed E-state index contributed by atoms with van der Waals surface area (Å²) in [4.78, 5) is 2.61. The lowest BCUT2D eigenvalue weighted by molar-refractivity contribution is 0.197. The van der Waals surface area contributed by atoms with Crippen LogP contribution in [0.3, 0.4) is 0 Å². The maximum absolute atomic E-state index is 2.66. The fourth-order valence-corrected chi connectivity index (χ4v) is 5.27. The predicted molar refractivity (Wildman–Crippen MR) is 104 cm³/mol. The highest BCUT2D eigenvalue weighted by atomic mass is 15.2. The number of benzene rings is 2. The summed E-state index contributed by atoms with van der Waals surface area (Å²) in [6.45, 7) is 2.20. The third-order valence-electron chi connectivity index (χ3n) is 6.39. The van der Waals surface area contributed by atoms with E-state index in [1.54, 1.807) is 11.3 Å². The first kappa shape index (κ1) is 15.2. The zero-order valence-corrected chi connectivity index (χ0v) is 15.0. The minimum atomic E-state index is 0.719. The van der Waals surface area contributed by atoms with Gasteiger partial charge < -0.3 is 4.57 Å². The summed E-state index contributed by atoms with van der Waals surface area (Å²) in [5, 5.41) is 1.47. The Morgan fingerprint density at radius 2 is 1.76 bits per heavy atom. The number of para-hydroxylation sites is 1. The molecule has 0 spiro atoms. The van der Waals surface area contributed by atoms with Crippen LogP contribution in [0, 0.1) is 0 Å². The molecule has 0 radical (unpaired) electrons. The van der Waals surface area contributed by atoms with Gasteiger partial charge in [-0.1, -0.05) is 55.0 Å². The standard InChI is InChI=1S/C23H26N2/c1-24-16-20-18-10-5-6-12-22(18)25(15-14-17-8-3-2-4-9-17)23(20)19-11-7-13-21(19)24/h2-6,8-10,12,19,21H,7,11,13-16H2,1H3. The van der Waals surface area contributed by atoms with Crippen molar-refractivity contribution in [1.82, 2.24) is 9.47 Å². The highest BCUT2D eigenvalue weighted by Crippen LogP contribution is 2.46. The molecule has 2 atom stereocenters. The van der Waals surface area contributed by atoms with Crippen molar-refractivity contribution in [2.45, 2.75) is 50.7 Å². The number of aryl methyl sites for hydroxylation is 2. The Morgan fingerprint density at radius 1 is 0.960 bits per heavy atom. The van der Waals surface area contributed by atoms with E-state index in [1.807, 2.05) is 0 Å². The second kappa shape index (κ2) is 6.03. The maximum Gasteiger partial charge on any atom is 0.0486 e. The molecule has 3 aromatic rings. The zero-order valence-electron chi connectivity index (χ0n) is 15.0. The lowest BCUT2D eigenvalue weighted by Crippen LogP contribution is -2.38. The summed E-state index contributed by atoms with van der Waals surface area (Å²) in [5.41, 5.74) is 6.11. The van der Waals surface area contributed by atoms with Crippen molar-refractivity contribution < 1.29 is 0 Å². The van der Waals surface area contributed by atoms with Gasteiger partial charge in [0.15, 0.2) is 0 Å². The lowest BCUT2D eigenvalue weighted by atomic mass is 9.90. The van der Waals surface area contributed by atoms with Crippen LogP contribution in [-0.2, 0) is 19.5 Å². The van der Waals surface area contributed by atoms with Crippen LogP contribution in [0.1, 0.15) is 42.0 Å². The maximum atomic E-state index is 2.66. The minimum Gasteiger partial charge on any atom is -0.344 e. The van der Waals surface area contributed by atoms with E-state index in [0.29, 0.717) is 0 Å². The topological polar surface area (TPSA) is 8.17 Å². The molecule has 1 aromatic heterocycles. The van der Waals surface area contributed by atoms with Gasteiger partial charge >= 0.3 is 0 Å². The van der Waals surface area contributed by atoms with E-state index in [9.17, 15) is 0 Å². The van der Waals surface area contributed by atoms with Crippen molar-refractivity contribution in [2.75, 3.05) is 7.05 Å². The fraction of sp³-hybridized carbons (Fsp3) is 0.391. The first-order valence-electron chi connectivity index (χ1n) is 9.67. The Kier molecular flexibility index (Phi) is 3.67. The van der Waals surface area contributed by atoms with Crippen LogP contribution >= 0.6 is 0 Å². The van der Waals surface area contributed by atoms with Crippen molar-refractivity contribution in [2.24, 2.45) is 0 Å². The molecule has 2 aromatic carbocycles. The molecule has 0 saturated heterocycles. The summed E-state index contributed by atoms with van der Waals surface area (Å²) < 4.78 is 2.66. The van der Waals surface area contributed by atoms with E-state index < -0.39 is 0 Å². The zero-order chi connectivity index (χ0) is 16.8. The molecule has 1 fully saturated rings. The number of aromatic nitrogens is 1. The molecule has 128 valence electrons. The Balaban J connectivity index is 1.61. The number of hydrogen-bond donors (Lipinski definition) is 0. The van der Waals surface area contributed by atoms with Gasteiger partial charge in [-0.2, -0.15) is 0 Å². The average molecular weight is 330 g/mol.